The van der Waals surface area contributed by atoms with Crippen molar-refractivity contribution in [3.63, 3.8) is 0 Å². The number of H-pyrrole nitrogens is 1. The van der Waals surface area contributed by atoms with Gasteiger partial charge in [0, 0.05) is 23.7 Å². The zero-order chi connectivity index (χ0) is 12.8. The van der Waals surface area contributed by atoms with Crippen LogP contribution in [0.4, 0.5) is 0 Å². The fourth-order valence-electron chi connectivity index (χ4n) is 2.60. The summed E-state index contributed by atoms with van der Waals surface area (Å²) >= 11 is 0. The SMILES string of the molecule is Cc1[nH]ncc1CNC(=O)C1CCCCCCC1. The van der Waals surface area contributed by atoms with Crippen LogP contribution in [0.1, 0.15) is 56.2 Å². The van der Waals surface area contributed by atoms with Crippen LogP contribution in [0, 0.1) is 12.8 Å². The van der Waals surface area contributed by atoms with Crippen molar-refractivity contribution >= 4 is 5.91 Å². The van der Waals surface area contributed by atoms with Gasteiger partial charge >= 0.3 is 0 Å². The second-order valence-corrected chi connectivity index (χ2v) is 5.28. The van der Waals surface area contributed by atoms with Gasteiger partial charge in [0.15, 0.2) is 0 Å². The third-order valence-electron chi connectivity index (χ3n) is 3.86. The molecule has 0 aliphatic heterocycles. The summed E-state index contributed by atoms with van der Waals surface area (Å²) in [5.74, 6) is 0.440. The quantitative estimate of drug-likeness (QED) is 0.865. The minimum absolute atomic E-state index is 0.220. The van der Waals surface area contributed by atoms with Gasteiger partial charge in [0.1, 0.15) is 0 Å². The molecule has 2 rings (SSSR count). The van der Waals surface area contributed by atoms with Gasteiger partial charge in [-0.3, -0.25) is 9.89 Å². The average molecular weight is 249 g/mol. The molecule has 1 saturated carbocycles. The van der Waals surface area contributed by atoms with Gasteiger partial charge in [-0.25, -0.2) is 0 Å². The lowest BCUT2D eigenvalue weighted by atomic mass is 9.90. The number of nitrogens with one attached hydrogen (secondary N) is 2. The largest absolute Gasteiger partial charge is 0.352 e. The molecule has 1 fully saturated rings. The highest BCUT2D eigenvalue weighted by Crippen LogP contribution is 2.22. The summed E-state index contributed by atoms with van der Waals surface area (Å²) in [5.41, 5.74) is 2.11. The Balaban J connectivity index is 1.81. The van der Waals surface area contributed by atoms with Crippen molar-refractivity contribution in [3.8, 4) is 0 Å². The summed E-state index contributed by atoms with van der Waals surface area (Å²) in [7, 11) is 0. The van der Waals surface area contributed by atoms with Gasteiger partial charge in [0.25, 0.3) is 0 Å². The van der Waals surface area contributed by atoms with Crippen LogP contribution in [0.25, 0.3) is 0 Å². The van der Waals surface area contributed by atoms with Gasteiger partial charge in [0.05, 0.1) is 6.20 Å². The molecule has 0 aromatic carbocycles. The Morgan fingerprint density at radius 2 is 2.00 bits per heavy atom. The molecule has 0 bridgehead atoms. The van der Waals surface area contributed by atoms with Crippen LogP contribution >= 0.6 is 0 Å². The highest BCUT2D eigenvalue weighted by atomic mass is 16.1. The maximum atomic E-state index is 12.1. The molecule has 1 heterocycles. The van der Waals surface area contributed by atoms with E-state index in [1.807, 2.05) is 6.92 Å². The first-order chi connectivity index (χ1) is 8.77. The fraction of sp³-hybridized carbons (Fsp3) is 0.714. The van der Waals surface area contributed by atoms with E-state index in [0.717, 1.165) is 24.1 Å². The van der Waals surface area contributed by atoms with Crippen LogP contribution in [0.3, 0.4) is 0 Å². The zero-order valence-corrected chi connectivity index (χ0v) is 11.2. The number of aromatic amines is 1. The molecule has 1 amide bonds. The molecule has 0 unspecified atom stereocenters. The van der Waals surface area contributed by atoms with Crippen molar-refractivity contribution in [1.82, 2.24) is 15.5 Å². The highest BCUT2D eigenvalue weighted by molar-refractivity contribution is 5.78. The van der Waals surface area contributed by atoms with Crippen molar-refractivity contribution < 1.29 is 4.79 Å². The summed E-state index contributed by atoms with van der Waals surface area (Å²) in [5, 5.41) is 9.90. The second kappa shape index (κ2) is 6.57. The minimum Gasteiger partial charge on any atom is -0.352 e. The summed E-state index contributed by atoms with van der Waals surface area (Å²) in [6.07, 6.45) is 10.2. The highest BCUT2D eigenvalue weighted by Gasteiger charge is 2.19. The Bertz CT molecular complexity index is 378. The van der Waals surface area contributed by atoms with E-state index in [-0.39, 0.29) is 11.8 Å². The summed E-state index contributed by atoms with van der Waals surface area (Å²) in [6, 6.07) is 0. The topological polar surface area (TPSA) is 57.8 Å². The van der Waals surface area contributed by atoms with E-state index < -0.39 is 0 Å². The Morgan fingerprint density at radius 1 is 1.33 bits per heavy atom. The number of aryl methyl sites for hydroxylation is 1. The molecule has 1 aromatic heterocycles. The Labute approximate surface area is 109 Å². The molecule has 0 saturated heterocycles. The van der Waals surface area contributed by atoms with Gasteiger partial charge in [-0.05, 0) is 19.8 Å². The van der Waals surface area contributed by atoms with E-state index in [0.29, 0.717) is 6.54 Å². The molecule has 18 heavy (non-hydrogen) atoms. The number of aromatic nitrogens is 2. The van der Waals surface area contributed by atoms with Crippen LogP contribution in [-0.2, 0) is 11.3 Å². The third-order valence-corrected chi connectivity index (χ3v) is 3.86. The molecular weight excluding hydrogens is 226 g/mol. The van der Waals surface area contributed by atoms with E-state index in [9.17, 15) is 4.79 Å². The number of hydrogen-bond donors (Lipinski definition) is 2. The normalized spacial score (nSPS) is 18.1. The van der Waals surface area contributed by atoms with Crippen LogP contribution in [0.15, 0.2) is 6.20 Å². The lowest BCUT2D eigenvalue weighted by Gasteiger charge is -2.19. The summed E-state index contributed by atoms with van der Waals surface area (Å²) < 4.78 is 0. The van der Waals surface area contributed by atoms with Crippen LogP contribution in [-0.4, -0.2) is 16.1 Å². The number of carbonyl (C=O) groups is 1. The Kier molecular flexibility index (Phi) is 4.79. The van der Waals surface area contributed by atoms with Crippen LogP contribution in [0.2, 0.25) is 0 Å². The van der Waals surface area contributed by atoms with E-state index in [1.165, 1.54) is 32.1 Å². The van der Waals surface area contributed by atoms with Crippen LogP contribution < -0.4 is 5.32 Å². The molecular formula is C14H23N3O. The van der Waals surface area contributed by atoms with Gasteiger partial charge < -0.3 is 5.32 Å². The molecule has 4 nitrogen and oxygen atoms in total. The van der Waals surface area contributed by atoms with E-state index in [1.54, 1.807) is 6.20 Å². The monoisotopic (exact) mass is 249 g/mol. The minimum atomic E-state index is 0.220. The summed E-state index contributed by atoms with van der Waals surface area (Å²) in [6.45, 7) is 2.57. The third kappa shape index (κ3) is 3.59. The van der Waals surface area contributed by atoms with Gasteiger partial charge in [-0.2, -0.15) is 5.10 Å². The maximum absolute atomic E-state index is 12.1. The molecule has 0 atom stereocenters. The van der Waals surface area contributed by atoms with Gasteiger partial charge in [-0.1, -0.05) is 32.1 Å². The molecule has 1 aromatic rings. The van der Waals surface area contributed by atoms with Crippen molar-refractivity contribution in [2.75, 3.05) is 0 Å². The van der Waals surface area contributed by atoms with Crippen molar-refractivity contribution in [2.24, 2.45) is 5.92 Å². The fourth-order valence-corrected chi connectivity index (χ4v) is 2.60. The number of amides is 1. The molecule has 0 spiro atoms. The average Bonchev–Trinajstić information content (AvgIpc) is 2.71. The standard InChI is InChI=1S/C14H23N3O/c1-11-13(10-16-17-11)9-15-14(18)12-7-5-3-2-4-6-8-12/h10,12H,2-9H2,1H3,(H,15,18)(H,16,17). The molecule has 0 radical (unpaired) electrons. The first-order valence-electron chi connectivity index (χ1n) is 7.04. The molecule has 4 heteroatoms. The Morgan fingerprint density at radius 3 is 2.61 bits per heavy atom. The lowest BCUT2D eigenvalue weighted by Crippen LogP contribution is -2.30. The zero-order valence-electron chi connectivity index (χ0n) is 11.2. The maximum Gasteiger partial charge on any atom is 0.223 e. The van der Waals surface area contributed by atoms with E-state index in [4.69, 9.17) is 0 Å². The first-order valence-corrected chi connectivity index (χ1v) is 7.04. The second-order valence-electron chi connectivity index (χ2n) is 5.28. The number of nitrogens with zero attached hydrogens (tertiary/aromatic N) is 1. The molecule has 100 valence electrons. The first kappa shape index (κ1) is 13.1. The van der Waals surface area contributed by atoms with Crippen molar-refractivity contribution in [1.29, 1.82) is 0 Å². The van der Waals surface area contributed by atoms with Crippen molar-refractivity contribution in [2.45, 2.75) is 58.4 Å². The number of rotatable bonds is 3. The van der Waals surface area contributed by atoms with Crippen LogP contribution in [0.5, 0.6) is 0 Å². The predicted octanol–water partition coefficient (Wildman–Crippen LogP) is 2.69. The number of carbonyl (C=O) groups excluding carboxylic acids is 1. The van der Waals surface area contributed by atoms with E-state index in [2.05, 4.69) is 15.5 Å². The van der Waals surface area contributed by atoms with Gasteiger partial charge in [-0.15, -0.1) is 0 Å². The lowest BCUT2D eigenvalue weighted by molar-refractivity contribution is -0.125. The van der Waals surface area contributed by atoms with Crippen molar-refractivity contribution in [3.05, 3.63) is 17.5 Å². The van der Waals surface area contributed by atoms with Gasteiger partial charge in [0.2, 0.25) is 5.91 Å². The smallest absolute Gasteiger partial charge is 0.223 e. The molecule has 2 N–H and O–H groups in total. The molecule has 1 aliphatic rings. The predicted molar refractivity (Wildman–Crippen MR) is 71.0 cm³/mol. The number of hydrogen-bond acceptors (Lipinski definition) is 2. The summed E-state index contributed by atoms with van der Waals surface area (Å²) in [4.78, 5) is 12.1. The molecule has 1 aliphatic carbocycles. The van der Waals surface area contributed by atoms with E-state index >= 15 is 0 Å². The Hall–Kier alpha value is -1.32.